The van der Waals surface area contributed by atoms with Crippen molar-refractivity contribution in [3.8, 4) is 0 Å². The number of hydrogen-bond acceptors (Lipinski definition) is 2. The summed E-state index contributed by atoms with van der Waals surface area (Å²) in [5.41, 5.74) is 2.04. The van der Waals surface area contributed by atoms with Gasteiger partial charge in [-0.3, -0.25) is 4.79 Å². The highest BCUT2D eigenvalue weighted by molar-refractivity contribution is 6.35. The van der Waals surface area contributed by atoms with E-state index in [-0.39, 0.29) is 11.9 Å². The number of nitrogens with one attached hydrogen (secondary N) is 2. The van der Waals surface area contributed by atoms with Gasteiger partial charge in [-0.05, 0) is 29.7 Å². The lowest BCUT2D eigenvalue weighted by Crippen LogP contribution is -2.44. The Balaban J connectivity index is 1.91. The molecule has 5 nitrogen and oxygen atoms in total. The number of benzene rings is 1. The molecule has 21 heavy (non-hydrogen) atoms. The van der Waals surface area contributed by atoms with Gasteiger partial charge in [0.1, 0.15) is 0 Å². The maximum Gasteiger partial charge on any atom is 0.317 e. The van der Waals surface area contributed by atoms with Gasteiger partial charge in [0.15, 0.2) is 0 Å². The molecule has 114 valence electrons. The number of fused-ring (bicyclic) bond motifs is 1. The average molecular weight is 330 g/mol. The van der Waals surface area contributed by atoms with Gasteiger partial charge < -0.3 is 15.5 Å². The van der Waals surface area contributed by atoms with Crippen LogP contribution < -0.4 is 10.6 Å². The summed E-state index contributed by atoms with van der Waals surface area (Å²) in [5, 5.41) is 6.63. The highest BCUT2D eigenvalue weighted by Crippen LogP contribution is 2.29. The summed E-state index contributed by atoms with van der Waals surface area (Å²) in [4.78, 5) is 24.5. The summed E-state index contributed by atoms with van der Waals surface area (Å²) in [6, 6.07) is 3.42. The molecule has 1 aliphatic rings. The molecule has 3 amide bonds. The Morgan fingerprint density at radius 3 is 2.67 bits per heavy atom. The highest BCUT2D eigenvalue weighted by atomic mass is 35.5. The van der Waals surface area contributed by atoms with Crippen LogP contribution in [-0.4, -0.2) is 36.5 Å². The largest absolute Gasteiger partial charge is 0.355 e. The molecule has 2 N–H and O–H groups in total. The smallest absolute Gasteiger partial charge is 0.317 e. The summed E-state index contributed by atoms with van der Waals surface area (Å²) < 4.78 is 0. The highest BCUT2D eigenvalue weighted by Gasteiger charge is 2.22. The monoisotopic (exact) mass is 329 g/mol. The van der Waals surface area contributed by atoms with Crippen LogP contribution in [0.1, 0.15) is 18.1 Å². The number of urea groups is 1. The van der Waals surface area contributed by atoms with E-state index < -0.39 is 0 Å². The van der Waals surface area contributed by atoms with Crippen molar-refractivity contribution in [3.05, 3.63) is 33.3 Å². The van der Waals surface area contributed by atoms with E-state index in [1.54, 1.807) is 11.0 Å². The Hall–Kier alpha value is -1.46. The molecule has 0 unspecified atom stereocenters. The number of carbonyl (C=O) groups excluding carboxylic acids is 2. The van der Waals surface area contributed by atoms with Gasteiger partial charge in [0.25, 0.3) is 0 Å². The van der Waals surface area contributed by atoms with Crippen molar-refractivity contribution in [1.82, 2.24) is 15.5 Å². The van der Waals surface area contributed by atoms with Crippen molar-refractivity contribution in [3.63, 3.8) is 0 Å². The van der Waals surface area contributed by atoms with Gasteiger partial charge >= 0.3 is 6.03 Å². The Bertz CT molecular complexity index is 563. The van der Waals surface area contributed by atoms with Gasteiger partial charge in [-0.15, -0.1) is 0 Å². The lowest BCUT2D eigenvalue weighted by molar-refractivity contribution is -0.118. The lowest BCUT2D eigenvalue weighted by Gasteiger charge is -2.29. The van der Waals surface area contributed by atoms with Gasteiger partial charge in [0.2, 0.25) is 5.91 Å². The van der Waals surface area contributed by atoms with E-state index in [2.05, 4.69) is 10.6 Å². The van der Waals surface area contributed by atoms with Crippen molar-refractivity contribution in [2.45, 2.75) is 19.9 Å². The molecule has 1 aromatic carbocycles. The zero-order valence-electron chi connectivity index (χ0n) is 11.7. The standard InChI is InChI=1S/C14H17Cl2N3O2/c1-9(20)17-3-4-18-14(21)19-5-2-12-10(8-19)6-11(15)7-13(12)16/h6-7H,2-5,8H2,1H3,(H,17,20)(H,18,21). The molecule has 2 rings (SSSR count). The molecule has 0 aliphatic carbocycles. The number of amides is 3. The third kappa shape index (κ3) is 4.25. The summed E-state index contributed by atoms with van der Waals surface area (Å²) in [7, 11) is 0. The lowest BCUT2D eigenvalue weighted by atomic mass is 10.00. The summed E-state index contributed by atoms with van der Waals surface area (Å²) >= 11 is 12.2. The maximum absolute atomic E-state index is 12.1. The quantitative estimate of drug-likeness (QED) is 0.835. The van der Waals surface area contributed by atoms with Crippen molar-refractivity contribution >= 4 is 35.1 Å². The van der Waals surface area contributed by atoms with E-state index in [4.69, 9.17) is 23.2 Å². The molecule has 0 radical (unpaired) electrons. The SMILES string of the molecule is CC(=O)NCCNC(=O)N1CCc2c(Cl)cc(Cl)cc2C1. The summed E-state index contributed by atoms with van der Waals surface area (Å²) in [6.07, 6.45) is 0.713. The normalized spacial score (nSPS) is 13.6. The molecule has 0 atom stereocenters. The van der Waals surface area contributed by atoms with Crippen LogP contribution in [0.5, 0.6) is 0 Å². The van der Waals surface area contributed by atoms with E-state index in [9.17, 15) is 9.59 Å². The van der Waals surface area contributed by atoms with Crippen molar-refractivity contribution in [1.29, 1.82) is 0 Å². The zero-order chi connectivity index (χ0) is 15.4. The molecule has 0 aromatic heterocycles. The Morgan fingerprint density at radius 1 is 1.24 bits per heavy atom. The van der Waals surface area contributed by atoms with E-state index in [1.165, 1.54) is 6.92 Å². The number of nitrogens with zero attached hydrogens (tertiary/aromatic N) is 1. The number of hydrogen-bond donors (Lipinski definition) is 2. The van der Waals surface area contributed by atoms with Crippen LogP contribution in [0, 0.1) is 0 Å². The Kier molecular flexibility index (Phi) is 5.31. The van der Waals surface area contributed by atoms with E-state index in [1.807, 2.05) is 6.07 Å². The predicted octanol–water partition coefficient (Wildman–Crippen LogP) is 2.20. The first-order valence-electron chi connectivity index (χ1n) is 6.71. The first-order chi connectivity index (χ1) is 9.97. The van der Waals surface area contributed by atoms with Crippen LogP contribution in [0.25, 0.3) is 0 Å². The van der Waals surface area contributed by atoms with Crippen LogP contribution in [0.2, 0.25) is 10.0 Å². The van der Waals surface area contributed by atoms with Crippen LogP contribution >= 0.6 is 23.2 Å². The van der Waals surface area contributed by atoms with Gasteiger partial charge in [-0.2, -0.15) is 0 Å². The van der Waals surface area contributed by atoms with Crippen LogP contribution in [-0.2, 0) is 17.8 Å². The van der Waals surface area contributed by atoms with Gasteiger partial charge in [-0.1, -0.05) is 23.2 Å². The van der Waals surface area contributed by atoms with Crippen LogP contribution in [0.3, 0.4) is 0 Å². The minimum Gasteiger partial charge on any atom is -0.355 e. The van der Waals surface area contributed by atoms with Crippen molar-refractivity contribution in [2.75, 3.05) is 19.6 Å². The Morgan fingerprint density at radius 2 is 1.95 bits per heavy atom. The molecule has 1 aliphatic heterocycles. The molecule has 1 aromatic rings. The summed E-state index contributed by atoms with van der Waals surface area (Å²) in [6.45, 7) is 3.36. The average Bonchev–Trinajstić information content (AvgIpc) is 2.42. The fraction of sp³-hybridized carbons (Fsp3) is 0.429. The fourth-order valence-corrected chi connectivity index (χ4v) is 2.93. The minimum atomic E-state index is -0.151. The second-order valence-electron chi connectivity index (χ2n) is 4.91. The molecule has 7 heteroatoms. The number of carbonyl (C=O) groups is 2. The first kappa shape index (κ1) is 15.9. The Labute approximate surface area is 133 Å². The van der Waals surface area contributed by atoms with Crippen molar-refractivity contribution < 1.29 is 9.59 Å². The van der Waals surface area contributed by atoms with Crippen LogP contribution in [0.4, 0.5) is 4.79 Å². The molecule has 0 saturated heterocycles. The number of halogens is 2. The van der Waals surface area contributed by atoms with E-state index in [0.717, 1.165) is 11.1 Å². The van der Waals surface area contributed by atoms with Gasteiger partial charge in [0, 0.05) is 43.1 Å². The molecule has 0 spiro atoms. The topological polar surface area (TPSA) is 61.4 Å². The predicted molar refractivity (Wildman–Crippen MR) is 82.7 cm³/mol. The van der Waals surface area contributed by atoms with Gasteiger partial charge in [-0.25, -0.2) is 4.79 Å². The van der Waals surface area contributed by atoms with E-state index in [0.29, 0.717) is 42.6 Å². The third-order valence-corrected chi connectivity index (χ3v) is 3.86. The molecule has 0 saturated carbocycles. The molecule has 0 bridgehead atoms. The molecule has 1 heterocycles. The van der Waals surface area contributed by atoms with Crippen LogP contribution in [0.15, 0.2) is 12.1 Å². The van der Waals surface area contributed by atoms with E-state index >= 15 is 0 Å². The first-order valence-corrected chi connectivity index (χ1v) is 7.47. The third-order valence-electron chi connectivity index (χ3n) is 3.31. The number of rotatable bonds is 3. The fourth-order valence-electron chi connectivity index (χ4n) is 2.30. The van der Waals surface area contributed by atoms with Gasteiger partial charge in [0.05, 0.1) is 0 Å². The van der Waals surface area contributed by atoms with Crippen molar-refractivity contribution in [2.24, 2.45) is 0 Å². The molecule has 0 fully saturated rings. The molecular weight excluding hydrogens is 313 g/mol. The zero-order valence-corrected chi connectivity index (χ0v) is 13.2. The summed E-state index contributed by atoms with van der Waals surface area (Å²) in [5.74, 6) is -0.111. The molecular formula is C14H17Cl2N3O2. The minimum absolute atomic E-state index is 0.111. The second-order valence-corrected chi connectivity index (χ2v) is 5.76. The second kappa shape index (κ2) is 7.00. The maximum atomic E-state index is 12.1.